The van der Waals surface area contributed by atoms with Crippen LogP contribution in [0.5, 0.6) is 5.75 Å². The predicted octanol–water partition coefficient (Wildman–Crippen LogP) is -2.83. The summed E-state index contributed by atoms with van der Waals surface area (Å²) < 4.78 is 0. The standard InChI is InChI=1S/C54H80N12O17/c1-5-29(4)45(66-46(74)33(56)18-21-40(57)68)53(81)64-39(27-41(58)69)50(78)63-37(26-31-14-16-32(67)17-15-31)49(77)60-34(19-22-42(70)71)47(75)59-35(20-23-43(72)73)48(76)62-38(25-30-11-7-6-8-12-30)51(79)65-44(28(2)3)52(80)61-36(54(82)83)13-9-10-24-55/h6-8,11-12,14-17,28-29,33-39,44-45,67H,5,9-10,13,18-27,55-56H2,1-4H3,(H2,57,68)(H2,58,69)(H,59,75)(H,60,77)(H,61,80)(H,62,76)(H,63,78)(H,64,81)(H,65,79)(H,66,74)(H,70,71)(H,72,73)(H,82,83). The minimum Gasteiger partial charge on any atom is -0.508 e. The average molecular weight is 1170 g/mol. The second-order valence-corrected chi connectivity index (χ2v) is 20.3. The first-order chi connectivity index (χ1) is 39.1. The van der Waals surface area contributed by atoms with E-state index in [1.165, 1.54) is 24.3 Å². The number of benzene rings is 2. The number of phenols is 1. The number of rotatable bonds is 39. The molecule has 0 heterocycles. The molecular formula is C54H80N12O17. The maximum atomic E-state index is 14.4. The van der Waals surface area contributed by atoms with Crippen molar-refractivity contribution in [3.8, 4) is 5.75 Å². The van der Waals surface area contributed by atoms with Gasteiger partial charge in [-0.25, -0.2) is 4.79 Å². The first kappa shape index (κ1) is 70.4. The molecule has 29 heteroatoms. The van der Waals surface area contributed by atoms with Crippen molar-refractivity contribution in [2.75, 3.05) is 6.54 Å². The quantitative estimate of drug-likeness (QED) is 0.0300. The Morgan fingerprint density at radius 3 is 1.36 bits per heavy atom. The van der Waals surface area contributed by atoms with Crippen LogP contribution >= 0.6 is 0 Å². The molecule has 0 bridgehead atoms. The fourth-order valence-corrected chi connectivity index (χ4v) is 8.16. The predicted molar refractivity (Wildman–Crippen MR) is 296 cm³/mol. The Balaban J connectivity index is 2.58. The second-order valence-electron chi connectivity index (χ2n) is 20.3. The number of unbranched alkanes of at least 4 members (excludes halogenated alkanes) is 1. The van der Waals surface area contributed by atoms with Gasteiger partial charge >= 0.3 is 17.9 Å². The molecule has 0 aliphatic heterocycles. The van der Waals surface area contributed by atoms with Gasteiger partial charge in [0.1, 0.15) is 54.1 Å². The summed E-state index contributed by atoms with van der Waals surface area (Å²) in [5.74, 6) is -15.9. The Kier molecular flexibility index (Phi) is 30.4. The molecule has 0 aromatic heterocycles. The lowest BCUT2D eigenvalue weighted by molar-refractivity contribution is -0.143. The third-order valence-corrected chi connectivity index (χ3v) is 13.2. The van der Waals surface area contributed by atoms with Crippen LogP contribution in [0.2, 0.25) is 0 Å². The van der Waals surface area contributed by atoms with Crippen LogP contribution in [-0.2, 0) is 75.2 Å². The molecule has 10 atom stereocenters. The fourth-order valence-electron chi connectivity index (χ4n) is 8.16. The number of nitrogens with two attached hydrogens (primary N) is 4. The van der Waals surface area contributed by atoms with Crippen LogP contribution in [0.1, 0.15) is 109 Å². The minimum absolute atomic E-state index is 0.0369. The summed E-state index contributed by atoms with van der Waals surface area (Å²) in [6, 6.07) is -0.749. The van der Waals surface area contributed by atoms with Crippen LogP contribution < -0.4 is 65.5 Å². The zero-order chi connectivity index (χ0) is 62.5. The van der Waals surface area contributed by atoms with Gasteiger partial charge in [-0.3, -0.25) is 57.5 Å². The summed E-state index contributed by atoms with van der Waals surface area (Å²) in [5, 5.41) is 58.6. The van der Waals surface area contributed by atoms with Crippen molar-refractivity contribution >= 4 is 77.0 Å². The van der Waals surface area contributed by atoms with Gasteiger partial charge in [0, 0.05) is 32.1 Å². The molecule has 2 aromatic rings. The van der Waals surface area contributed by atoms with E-state index >= 15 is 0 Å². The Hall–Kier alpha value is -8.73. The van der Waals surface area contributed by atoms with Gasteiger partial charge in [-0.05, 0) is 80.2 Å². The van der Waals surface area contributed by atoms with Gasteiger partial charge in [0.05, 0.1) is 12.5 Å². The second kappa shape index (κ2) is 35.9. The Bertz CT molecular complexity index is 2570. The molecule has 0 radical (unpaired) electrons. The van der Waals surface area contributed by atoms with E-state index in [9.17, 15) is 82.8 Å². The largest absolute Gasteiger partial charge is 0.508 e. The zero-order valence-corrected chi connectivity index (χ0v) is 46.9. The number of phenolic OH excluding ortho intramolecular Hbond substituents is 1. The van der Waals surface area contributed by atoms with Gasteiger partial charge in [-0.15, -0.1) is 0 Å². The summed E-state index contributed by atoms with van der Waals surface area (Å²) >= 11 is 0. The number of primary amides is 2. The first-order valence-corrected chi connectivity index (χ1v) is 27.0. The third kappa shape index (κ3) is 26.2. The van der Waals surface area contributed by atoms with Crippen molar-refractivity contribution in [2.45, 2.75) is 166 Å². The van der Waals surface area contributed by atoms with Crippen molar-refractivity contribution in [1.82, 2.24) is 42.5 Å². The monoisotopic (exact) mass is 1170 g/mol. The zero-order valence-electron chi connectivity index (χ0n) is 46.9. The van der Waals surface area contributed by atoms with Crippen molar-refractivity contribution in [1.29, 1.82) is 0 Å². The number of carbonyl (C=O) groups is 13. The summed E-state index contributed by atoms with van der Waals surface area (Å²) in [6.07, 6.45) is -3.62. The number of hydrogen-bond donors (Lipinski definition) is 16. The van der Waals surface area contributed by atoms with Gasteiger partial charge in [-0.1, -0.05) is 76.6 Å². The third-order valence-electron chi connectivity index (χ3n) is 13.2. The van der Waals surface area contributed by atoms with Gasteiger partial charge in [0.15, 0.2) is 0 Å². The van der Waals surface area contributed by atoms with E-state index in [0.29, 0.717) is 24.8 Å². The van der Waals surface area contributed by atoms with Crippen LogP contribution in [0.3, 0.4) is 0 Å². The Morgan fingerprint density at radius 2 is 0.904 bits per heavy atom. The van der Waals surface area contributed by atoms with Crippen molar-refractivity contribution in [2.24, 2.45) is 34.8 Å². The van der Waals surface area contributed by atoms with Crippen LogP contribution in [-0.4, -0.2) is 158 Å². The van der Waals surface area contributed by atoms with Crippen LogP contribution in [0.15, 0.2) is 54.6 Å². The molecule has 0 aliphatic rings. The highest BCUT2D eigenvalue weighted by atomic mass is 16.4. The number of hydrogen-bond acceptors (Lipinski definition) is 16. The number of carboxylic acid groups (broad SMARTS) is 3. The SMILES string of the molecule is CCC(C)C(NC(=O)C(N)CCC(N)=O)C(=O)NC(CC(N)=O)C(=O)NC(Cc1ccc(O)cc1)C(=O)NC(CCC(=O)O)C(=O)NC(CCC(=O)O)C(=O)NC(Cc1ccccc1)C(=O)NC(C(=O)NC(CCCCN)C(=O)O)C(C)C. The summed E-state index contributed by atoms with van der Waals surface area (Å²) in [5.41, 5.74) is 22.9. The number of aromatic hydroxyl groups is 1. The van der Waals surface area contributed by atoms with Crippen molar-refractivity contribution in [3.63, 3.8) is 0 Å². The van der Waals surface area contributed by atoms with Gasteiger partial charge < -0.3 is 85.9 Å². The molecule has 2 rings (SSSR count). The molecule has 83 heavy (non-hydrogen) atoms. The van der Waals surface area contributed by atoms with E-state index in [4.69, 9.17) is 22.9 Å². The maximum Gasteiger partial charge on any atom is 0.326 e. The molecule has 2 aromatic carbocycles. The maximum absolute atomic E-state index is 14.4. The van der Waals surface area contributed by atoms with E-state index in [2.05, 4.69) is 42.5 Å². The summed E-state index contributed by atoms with van der Waals surface area (Å²) in [7, 11) is 0. The molecule has 0 aliphatic carbocycles. The van der Waals surface area contributed by atoms with Gasteiger partial charge in [0.25, 0.3) is 0 Å². The lowest BCUT2D eigenvalue weighted by atomic mass is 9.97. The number of aliphatic carboxylic acids is 3. The van der Waals surface area contributed by atoms with Gasteiger partial charge in [0.2, 0.25) is 59.1 Å². The van der Waals surface area contributed by atoms with E-state index in [1.54, 1.807) is 58.0 Å². The highest BCUT2D eigenvalue weighted by Gasteiger charge is 2.37. The molecule has 29 nitrogen and oxygen atoms in total. The number of amides is 10. The van der Waals surface area contributed by atoms with Crippen molar-refractivity contribution < 1.29 is 82.8 Å². The van der Waals surface area contributed by atoms with E-state index in [-0.39, 0.29) is 43.5 Å². The normalized spacial score (nSPS) is 14.6. The first-order valence-electron chi connectivity index (χ1n) is 27.0. The topological polar surface area (TPSA) is 503 Å². The van der Waals surface area contributed by atoms with Crippen LogP contribution in [0.4, 0.5) is 0 Å². The number of nitrogens with one attached hydrogen (secondary N) is 8. The number of carbonyl (C=O) groups excluding carboxylic acids is 10. The Morgan fingerprint density at radius 1 is 0.470 bits per heavy atom. The molecule has 0 saturated carbocycles. The lowest BCUT2D eigenvalue weighted by Crippen LogP contribution is -2.61. The molecule has 0 spiro atoms. The molecule has 0 saturated heterocycles. The molecule has 458 valence electrons. The summed E-state index contributed by atoms with van der Waals surface area (Å²) in [6.45, 7) is 6.71. The van der Waals surface area contributed by atoms with Crippen LogP contribution in [0.25, 0.3) is 0 Å². The smallest absolute Gasteiger partial charge is 0.326 e. The van der Waals surface area contributed by atoms with Gasteiger partial charge in [-0.2, -0.15) is 0 Å². The summed E-state index contributed by atoms with van der Waals surface area (Å²) in [4.78, 5) is 171. The Labute approximate surface area is 479 Å². The van der Waals surface area contributed by atoms with E-state index in [1.807, 2.05) is 0 Å². The molecule has 10 amide bonds. The molecule has 0 fully saturated rings. The molecule has 20 N–H and O–H groups in total. The highest BCUT2D eigenvalue weighted by Crippen LogP contribution is 2.15. The number of carboxylic acids is 3. The highest BCUT2D eigenvalue weighted by molar-refractivity contribution is 5.99. The average Bonchev–Trinajstić information content (AvgIpc) is 3.44. The minimum atomic E-state index is -1.87. The molecule has 10 unspecified atom stereocenters. The molecular weight excluding hydrogens is 1090 g/mol. The lowest BCUT2D eigenvalue weighted by Gasteiger charge is -2.29. The fraction of sp³-hybridized carbons (Fsp3) is 0.537. The van der Waals surface area contributed by atoms with Crippen LogP contribution in [0, 0.1) is 11.8 Å². The van der Waals surface area contributed by atoms with E-state index in [0.717, 1.165) is 0 Å². The van der Waals surface area contributed by atoms with E-state index < -0.39 is 182 Å². The van der Waals surface area contributed by atoms with Crippen molar-refractivity contribution in [3.05, 3.63) is 65.7 Å².